The Labute approximate surface area is 122 Å². The molecule has 2 fully saturated rings. The van der Waals surface area contributed by atoms with E-state index in [0.29, 0.717) is 0 Å². The summed E-state index contributed by atoms with van der Waals surface area (Å²) in [4.78, 5) is 0. The van der Waals surface area contributed by atoms with Gasteiger partial charge in [-0.25, -0.2) is 9.25 Å². The Hall–Kier alpha value is 0.650. The minimum Gasteiger partial charge on any atom is -0.260 e. The van der Waals surface area contributed by atoms with Crippen LogP contribution in [0.15, 0.2) is 0 Å². The van der Waals surface area contributed by atoms with E-state index >= 15 is 0 Å². The summed E-state index contributed by atoms with van der Waals surface area (Å²) >= 11 is 0. The van der Waals surface area contributed by atoms with Crippen LogP contribution < -0.4 is 0 Å². The van der Waals surface area contributed by atoms with Crippen LogP contribution in [0.2, 0.25) is 0 Å². The summed E-state index contributed by atoms with van der Waals surface area (Å²) in [6, 6.07) is 0. The molecular weight excluding hydrogens is 298 g/mol. The molecule has 0 bridgehead atoms. The third kappa shape index (κ3) is 6.71. The lowest BCUT2D eigenvalue weighted by molar-refractivity contribution is -0.125. The molecule has 5 nitrogen and oxygen atoms in total. The van der Waals surface area contributed by atoms with Crippen LogP contribution in [0.1, 0.15) is 38.5 Å². The maximum atomic E-state index is 11.6. The van der Waals surface area contributed by atoms with E-state index in [4.69, 9.17) is 9.25 Å². The lowest BCUT2D eigenvalue weighted by atomic mass is 10.2. The highest BCUT2D eigenvalue weighted by atomic mass is 35.5. The molecule has 0 N–H and O–H groups in total. The molecule has 0 radical (unpaired) electrons. The fraction of sp³-hybridized carbons (Fsp3) is 1.00. The van der Waals surface area contributed by atoms with Gasteiger partial charge in [0.15, 0.2) is 0 Å². The topological polar surface area (TPSA) is 42.0 Å². The molecule has 0 saturated carbocycles. The van der Waals surface area contributed by atoms with Crippen molar-refractivity contribution in [3.05, 3.63) is 0 Å². The Balaban J connectivity index is 0.00000144. The largest absolute Gasteiger partial charge is 0.352 e. The Morgan fingerprint density at radius 3 is 1.33 bits per heavy atom. The van der Waals surface area contributed by atoms with Crippen LogP contribution >= 0.6 is 33.1 Å². The predicted octanol–water partition coefficient (Wildman–Crippen LogP) is 3.05. The van der Waals surface area contributed by atoms with Gasteiger partial charge in [0.2, 0.25) is 0 Å². The zero-order chi connectivity index (χ0) is 11.2. The first-order valence-corrected chi connectivity index (χ1v) is 7.47. The first kappa shape index (κ1) is 18.7. The van der Waals surface area contributed by atoms with Crippen LogP contribution in [-0.4, -0.2) is 36.3 Å². The van der Waals surface area contributed by atoms with E-state index in [1.54, 1.807) is 10.1 Å². The maximum Gasteiger partial charge on any atom is 0.352 e. The van der Waals surface area contributed by atoms with Crippen molar-refractivity contribution in [3.8, 4) is 0 Å². The van der Waals surface area contributed by atoms with Gasteiger partial charge >= 0.3 is 8.25 Å². The van der Waals surface area contributed by atoms with E-state index in [1.807, 2.05) is 0 Å². The third-order valence-corrected chi connectivity index (χ3v) is 3.85. The van der Waals surface area contributed by atoms with E-state index in [1.165, 1.54) is 12.8 Å². The van der Waals surface area contributed by atoms with Gasteiger partial charge in [-0.1, -0.05) is 12.8 Å². The molecule has 0 aromatic carbocycles. The van der Waals surface area contributed by atoms with Gasteiger partial charge in [0.1, 0.15) is 0 Å². The summed E-state index contributed by atoms with van der Waals surface area (Å²) in [6.07, 6.45) is 6.98. The molecule has 0 spiro atoms. The van der Waals surface area contributed by atoms with Gasteiger partial charge in [-0.15, -0.1) is 24.8 Å². The van der Waals surface area contributed by atoms with E-state index in [2.05, 4.69) is 0 Å². The monoisotopic (exact) mass is 320 g/mol. The maximum absolute atomic E-state index is 11.6. The molecule has 18 heavy (non-hydrogen) atoms. The molecule has 0 amide bonds. The Kier molecular flexibility index (Phi) is 10.8. The number of hydroxylamine groups is 4. The van der Waals surface area contributed by atoms with Gasteiger partial charge in [-0.3, -0.25) is 4.57 Å². The number of halogens is 2. The highest BCUT2D eigenvalue weighted by Gasteiger charge is 2.17. The summed E-state index contributed by atoms with van der Waals surface area (Å²) < 4.78 is 22.3. The first-order chi connectivity index (χ1) is 7.84. The second kappa shape index (κ2) is 10.4. The zero-order valence-electron chi connectivity index (χ0n) is 10.5. The molecule has 0 aliphatic carbocycles. The smallest absolute Gasteiger partial charge is 0.260 e. The molecule has 0 atom stereocenters. The van der Waals surface area contributed by atoms with E-state index in [9.17, 15) is 4.57 Å². The van der Waals surface area contributed by atoms with Gasteiger partial charge in [0.25, 0.3) is 0 Å². The van der Waals surface area contributed by atoms with Gasteiger partial charge in [0.05, 0.1) is 0 Å². The molecule has 2 heterocycles. The highest BCUT2D eigenvalue weighted by Crippen LogP contribution is 2.30. The fourth-order valence-electron chi connectivity index (χ4n) is 2.14. The minimum absolute atomic E-state index is 0. The first-order valence-electron chi connectivity index (χ1n) is 6.24. The molecule has 0 aromatic rings. The molecule has 8 heteroatoms. The van der Waals surface area contributed by atoms with Crippen LogP contribution in [0.4, 0.5) is 0 Å². The van der Waals surface area contributed by atoms with Gasteiger partial charge in [0, 0.05) is 26.2 Å². The molecule has 2 aliphatic heterocycles. The van der Waals surface area contributed by atoms with Crippen LogP contribution in [-0.2, 0) is 13.8 Å². The second-order valence-electron chi connectivity index (χ2n) is 4.41. The minimum atomic E-state index is -2.39. The summed E-state index contributed by atoms with van der Waals surface area (Å²) in [5, 5.41) is 3.57. The number of rotatable bonds is 4. The summed E-state index contributed by atoms with van der Waals surface area (Å²) in [6.45, 7) is 3.50. The SMILES string of the molecule is Cl.Cl.O=[PH](ON1CCCCC1)ON1CCCCC1. The molecule has 2 saturated heterocycles. The standard InChI is InChI=1S/C10H21N2O3P.2ClH/c13-16(14-11-7-3-1-4-8-11)15-12-9-5-2-6-10-12;;/h16H,1-10H2;2*1H. The molecule has 0 unspecified atom stereocenters. The number of nitrogens with zero attached hydrogens (tertiary/aromatic N) is 2. The number of hydrogen-bond donors (Lipinski definition) is 0. The van der Waals surface area contributed by atoms with E-state index < -0.39 is 8.25 Å². The van der Waals surface area contributed by atoms with Crippen LogP contribution in [0.25, 0.3) is 0 Å². The molecule has 0 aromatic heterocycles. The summed E-state index contributed by atoms with van der Waals surface area (Å²) in [7, 11) is -2.39. The third-order valence-electron chi connectivity index (χ3n) is 3.04. The Morgan fingerprint density at radius 1 is 0.667 bits per heavy atom. The molecule has 2 aliphatic rings. The number of piperidine rings is 2. The van der Waals surface area contributed by atoms with Crippen molar-refractivity contribution in [2.75, 3.05) is 26.2 Å². The van der Waals surface area contributed by atoms with Crippen molar-refractivity contribution >= 4 is 33.1 Å². The van der Waals surface area contributed by atoms with Crippen molar-refractivity contribution < 1.29 is 13.8 Å². The van der Waals surface area contributed by atoms with Crippen molar-refractivity contribution in [2.24, 2.45) is 0 Å². The normalized spacial score (nSPS) is 22.3. The van der Waals surface area contributed by atoms with Gasteiger partial charge in [-0.05, 0) is 25.7 Å². The average Bonchev–Trinajstić information content (AvgIpc) is 2.31. The van der Waals surface area contributed by atoms with Crippen LogP contribution in [0.3, 0.4) is 0 Å². The Morgan fingerprint density at radius 2 is 1.00 bits per heavy atom. The summed E-state index contributed by atoms with van der Waals surface area (Å²) in [5.74, 6) is 0. The van der Waals surface area contributed by atoms with Crippen molar-refractivity contribution in [1.29, 1.82) is 0 Å². The summed E-state index contributed by atoms with van der Waals surface area (Å²) in [5.41, 5.74) is 0. The lowest BCUT2D eigenvalue weighted by Crippen LogP contribution is -2.30. The van der Waals surface area contributed by atoms with Crippen LogP contribution in [0, 0.1) is 0 Å². The number of hydrogen-bond acceptors (Lipinski definition) is 5. The van der Waals surface area contributed by atoms with Crippen LogP contribution in [0.5, 0.6) is 0 Å². The van der Waals surface area contributed by atoms with Gasteiger partial charge < -0.3 is 0 Å². The van der Waals surface area contributed by atoms with Gasteiger partial charge in [-0.2, -0.15) is 10.1 Å². The second-order valence-corrected chi connectivity index (χ2v) is 5.28. The van der Waals surface area contributed by atoms with Crippen molar-refractivity contribution in [3.63, 3.8) is 0 Å². The molecular formula is C10H23Cl2N2O3P. The Bertz CT molecular complexity index is 215. The lowest BCUT2D eigenvalue weighted by Gasteiger charge is -2.28. The molecule has 110 valence electrons. The van der Waals surface area contributed by atoms with Crippen molar-refractivity contribution in [2.45, 2.75) is 38.5 Å². The zero-order valence-corrected chi connectivity index (χ0v) is 13.1. The predicted molar refractivity (Wildman–Crippen MR) is 76.5 cm³/mol. The average molecular weight is 321 g/mol. The van der Waals surface area contributed by atoms with Crippen molar-refractivity contribution in [1.82, 2.24) is 10.1 Å². The molecule has 2 rings (SSSR count). The van der Waals surface area contributed by atoms with E-state index in [0.717, 1.165) is 51.9 Å². The highest BCUT2D eigenvalue weighted by molar-refractivity contribution is 7.33. The fourth-order valence-corrected chi connectivity index (χ4v) is 2.96. The van der Waals surface area contributed by atoms with E-state index in [-0.39, 0.29) is 24.8 Å². The quantitative estimate of drug-likeness (QED) is 0.745.